The van der Waals surface area contributed by atoms with Crippen molar-refractivity contribution in [3.05, 3.63) is 42.7 Å². The zero-order valence-corrected chi connectivity index (χ0v) is 15.3. The highest BCUT2D eigenvalue weighted by Gasteiger charge is 2.12. The molecule has 0 radical (unpaired) electrons. The van der Waals surface area contributed by atoms with Gasteiger partial charge in [0.1, 0.15) is 16.2 Å². The Balaban J connectivity index is 1.77. The first-order chi connectivity index (χ1) is 11.6. The third-order valence-electron chi connectivity index (χ3n) is 3.40. The Kier molecular flexibility index (Phi) is 5.48. The Morgan fingerprint density at radius 1 is 1.25 bits per heavy atom. The van der Waals surface area contributed by atoms with Crippen molar-refractivity contribution in [3.63, 3.8) is 0 Å². The fraction of sp³-hybridized carbons (Fsp3) is 0.278. The van der Waals surface area contributed by atoms with E-state index in [9.17, 15) is 4.79 Å². The molecule has 2 aromatic heterocycles. The number of benzene rings is 1. The van der Waals surface area contributed by atoms with Crippen molar-refractivity contribution in [2.75, 3.05) is 12.3 Å². The van der Waals surface area contributed by atoms with E-state index in [0.29, 0.717) is 18.2 Å². The van der Waals surface area contributed by atoms with Crippen LogP contribution in [0.15, 0.2) is 47.8 Å². The lowest BCUT2D eigenvalue weighted by molar-refractivity contribution is -0.118. The topological polar surface area (TPSA) is 54.9 Å². The number of hydrogen-bond acceptors (Lipinski definition) is 5. The second kappa shape index (κ2) is 7.77. The molecule has 0 fully saturated rings. The monoisotopic (exact) mass is 357 g/mol. The molecule has 1 N–H and O–H groups in total. The molecule has 0 atom stereocenters. The lowest BCUT2D eigenvalue weighted by Crippen LogP contribution is -2.28. The fourth-order valence-electron chi connectivity index (χ4n) is 2.20. The Morgan fingerprint density at radius 3 is 2.79 bits per heavy atom. The number of carbonyl (C=O) groups is 1. The highest BCUT2D eigenvalue weighted by atomic mass is 32.2. The minimum absolute atomic E-state index is 0.0407. The van der Waals surface area contributed by atoms with Crippen molar-refractivity contribution in [1.29, 1.82) is 0 Å². The number of thiophene rings is 1. The SMILES string of the molecule is CC(C)CNC(=O)CSc1ncnc2sc(-c3ccccc3)cc12. The molecule has 1 aromatic carbocycles. The van der Waals surface area contributed by atoms with Crippen molar-refractivity contribution in [2.24, 2.45) is 5.92 Å². The Labute approximate surface area is 149 Å². The molecule has 2 heterocycles. The van der Waals surface area contributed by atoms with Gasteiger partial charge in [-0.3, -0.25) is 4.79 Å². The summed E-state index contributed by atoms with van der Waals surface area (Å²) in [4.78, 5) is 22.8. The maximum absolute atomic E-state index is 11.9. The molecule has 0 spiro atoms. The van der Waals surface area contributed by atoms with Crippen LogP contribution in [-0.2, 0) is 4.79 Å². The summed E-state index contributed by atoms with van der Waals surface area (Å²) in [7, 11) is 0. The number of amides is 1. The van der Waals surface area contributed by atoms with E-state index >= 15 is 0 Å². The predicted molar refractivity (Wildman–Crippen MR) is 101 cm³/mol. The summed E-state index contributed by atoms with van der Waals surface area (Å²) in [5, 5.41) is 4.81. The predicted octanol–water partition coefficient (Wildman–Crippen LogP) is 4.22. The summed E-state index contributed by atoms with van der Waals surface area (Å²) in [5.41, 5.74) is 1.17. The molecule has 0 saturated carbocycles. The van der Waals surface area contributed by atoms with Crippen LogP contribution >= 0.6 is 23.1 Å². The van der Waals surface area contributed by atoms with Gasteiger partial charge in [-0.25, -0.2) is 9.97 Å². The van der Waals surface area contributed by atoms with Gasteiger partial charge < -0.3 is 5.32 Å². The molecule has 0 saturated heterocycles. The fourth-order valence-corrected chi connectivity index (χ4v) is 4.07. The zero-order valence-electron chi connectivity index (χ0n) is 13.7. The quantitative estimate of drug-likeness (QED) is 0.530. The number of hydrogen-bond donors (Lipinski definition) is 1. The Hall–Kier alpha value is -1.92. The van der Waals surface area contributed by atoms with E-state index in [-0.39, 0.29) is 5.91 Å². The van der Waals surface area contributed by atoms with Gasteiger partial charge >= 0.3 is 0 Å². The number of aromatic nitrogens is 2. The molecule has 0 aliphatic rings. The number of thioether (sulfide) groups is 1. The van der Waals surface area contributed by atoms with E-state index < -0.39 is 0 Å². The molecule has 0 bridgehead atoms. The van der Waals surface area contributed by atoms with Crippen LogP contribution in [0.4, 0.5) is 0 Å². The molecule has 3 rings (SSSR count). The Morgan fingerprint density at radius 2 is 2.04 bits per heavy atom. The van der Waals surface area contributed by atoms with Crippen molar-refractivity contribution >= 4 is 39.2 Å². The van der Waals surface area contributed by atoms with E-state index in [1.54, 1.807) is 17.7 Å². The smallest absolute Gasteiger partial charge is 0.230 e. The van der Waals surface area contributed by atoms with Crippen LogP contribution in [0.25, 0.3) is 20.7 Å². The molecule has 0 unspecified atom stereocenters. The van der Waals surface area contributed by atoms with Gasteiger partial charge in [-0.05, 0) is 17.5 Å². The summed E-state index contributed by atoms with van der Waals surface area (Å²) in [6.45, 7) is 4.87. The van der Waals surface area contributed by atoms with Crippen molar-refractivity contribution in [2.45, 2.75) is 18.9 Å². The lowest BCUT2D eigenvalue weighted by atomic mass is 10.2. The van der Waals surface area contributed by atoms with Crippen LogP contribution < -0.4 is 5.32 Å². The van der Waals surface area contributed by atoms with E-state index in [2.05, 4.69) is 47.3 Å². The van der Waals surface area contributed by atoms with Gasteiger partial charge in [0, 0.05) is 16.8 Å². The second-order valence-corrected chi connectivity index (χ2v) is 7.86. The molecule has 24 heavy (non-hydrogen) atoms. The van der Waals surface area contributed by atoms with Gasteiger partial charge in [-0.15, -0.1) is 11.3 Å². The van der Waals surface area contributed by atoms with E-state index in [4.69, 9.17) is 0 Å². The van der Waals surface area contributed by atoms with Gasteiger partial charge in [0.25, 0.3) is 0 Å². The summed E-state index contributed by atoms with van der Waals surface area (Å²) in [5.74, 6) is 0.865. The molecule has 3 aromatic rings. The molecule has 4 nitrogen and oxygen atoms in total. The molecule has 1 amide bonds. The first-order valence-electron chi connectivity index (χ1n) is 7.83. The van der Waals surface area contributed by atoms with E-state index in [1.165, 1.54) is 17.3 Å². The molecule has 6 heteroatoms. The van der Waals surface area contributed by atoms with Crippen molar-refractivity contribution in [3.8, 4) is 10.4 Å². The summed E-state index contributed by atoms with van der Waals surface area (Å²) >= 11 is 3.11. The van der Waals surface area contributed by atoms with Crippen LogP contribution in [0.5, 0.6) is 0 Å². The third kappa shape index (κ3) is 4.13. The number of nitrogens with zero attached hydrogens (tertiary/aromatic N) is 2. The second-order valence-electron chi connectivity index (χ2n) is 5.86. The molecular weight excluding hydrogens is 338 g/mol. The van der Waals surface area contributed by atoms with Gasteiger partial charge in [0.15, 0.2) is 0 Å². The third-order valence-corrected chi connectivity index (χ3v) is 5.50. The molecular formula is C18H19N3OS2. The minimum atomic E-state index is 0.0407. The molecule has 0 aliphatic carbocycles. The number of fused-ring (bicyclic) bond motifs is 1. The normalized spacial score (nSPS) is 11.1. The number of carbonyl (C=O) groups excluding carboxylic acids is 1. The standard InChI is InChI=1S/C18H19N3OS2/c1-12(2)9-19-16(22)10-23-17-14-8-15(13-6-4-3-5-7-13)24-18(14)21-11-20-17/h3-8,11-12H,9-10H2,1-2H3,(H,19,22). The van der Waals surface area contributed by atoms with Crippen LogP contribution in [0, 0.1) is 5.92 Å². The van der Waals surface area contributed by atoms with E-state index in [0.717, 1.165) is 20.1 Å². The van der Waals surface area contributed by atoms with Crippen LogP contribution in [0.3, 0.4) is 0 Å². The van der Waals surface area contributed by atoms with E-state index in [1.807, 2.05) is 18.2 Å². The Bertz CT molecular complexity index is 831. The van der Waals surface area contributed by atoms with Crippen molar-refractivity contribution < 1.29 is 4.79 Å². The van der Waals surface area contributed by atoms with Crippen LogP contribution in [0.1, 0.15) is 13.8 Å². The molecule has 0 aliphatic heterocycles. The highest BCUT2D eigenvalue weighted by Crippen LogP contribution is 2.35. The average Bonchev–Trinajstić information content (AvgIpc) is 3.03. The maximum Gasteiger partial charge on any atom is 0.230 e. The first kappa shape index (κ1) is 16.9. The summed E-state index contributed by atoms with van der Waals surface area (Å²) in [6.07, 6.45) is 1.57. The summed E-state index contributed by atoms with van der Waals surface area (Å²) in [6, 6.07) is 12.4. The van der Waals surface area contributed by atoms with Gasteiger partial charge in [0.2, 0.25) is 5.91 Å². The number of rotatable bonds is 6. The van der Waals surface area contributed by atoms with Crippen LogP contribution in [0.2, 0.25) is 0 Å². The largest absolute Gasteiger partial charge is 0.355 e. The van der Waals surface area contributed by atoms with Gasteiger partial charge in [-0.1, -0.05) is 55.9 Å². The van der Waals surface area contributed by atoms with Crippen LogP contribution in [-0.4, -0.2) is 28.2 Å². The average molecular weight is 358 g/mol. The summed E-state index contributed by atoms with van der Waals surface area (Å²) < 4.78 is 0. The first-order valence-corrected chi connectivity index (χ1v) is 9.63. The molecule has 124 valence electrons. The lowest BCUT2D eigenvalue weighted by Gasteiger charge is -2.07. The minimum Gasteiger partial charge on any atom is -0.355 e. The van der Waals surface area contributed by atoms with Crippen molar-refractivity contribution in [1.82, 2.24) is 15.3 Å². The maximum atomic E-state index is 11.9. The van der Waals surface area contributed by atoms with Gasteiger partial charge in [0.05, 0.1) is 5.75 Å². The number of nitrogens with one attached hydrogen (secondary N) is 1. The highest BCUT2D eigenvalue weighted by molar-refractivity contribution is 8.00. The van der Waals surface area contributed by atoms with Gasteiger partial charge in [-0.2, -0.15) is 0 Å². The zero-order chi connectivity index (χ0) is 16.9.